The molecule has 1 heterocycles. The minimum absolute atomic E-state index is 0.486. The lowest BCUT2D eigenvalue weighted by atomic mass is 9.95. The number of anilines is 1. The molecule has 4 heteroatoms. The van der Waals surface area contributed by atoms with Crippen LogP contribution in [0.1, 0.15) is 40.5 Å². The smallest absolute Gasteiger partial charge is 0.143 e. The number of rotatable bonds is 6. The van der Waals surface area contributed by atoms with Crippen LogP contribution in [0.5, 0.6) is 0 Å². The molecule has 1 aromatic heterocycles. The van der Waals surface area contributed by atoms with Crippen molar-refractivity contribution in [3.8, 4) is 0 Å². The summed E-state index contributed by atoms with van der Waals surface area (Å²) in [6.45, 7) is 9.02. The molecule has 0 aliphatic heterocycles. The molecule has 0 saturated heterocycles. The molecule has 0 saturated carbocycles. The van der Waals surface area contributed by atoms with Crippen LogP contribution in [0.25, 0.3) is 0 Å². The molecule has 102 valence electrons. The van der Waals surface area contributed by atoms with E-state index >= 15 is 0 Å². The van der Waals surface area contributed by atoms with E-state index < -0.39 is 0 Å². The average Bonchev–Trinajstić information content (AvgIpc) is 2.21. The van der Waals surface area contributed by atoms with Gasteiger partial charge >= 0.3 is 0 Å². The summed E-state index contributed by atoms with van der Waals surface area (Å²) in [7, 11) is 0. The second kappa shape index (κ2) is 7.34. The molecule has 0 amide bonds. The number of nitrogens with zero attached hydrogens (tertiary/aromatic N) is 1. The largest absolute Gasteiger partial charge is 0.381 e. The van der Waals surface area contributed by atoms with Crippen molar-refractivity contribution in [3.05, 3.63) is 21.9 Å². The van der Waals surface area contributed by atoms with Crippen LogP contribution in [-0.2, 0) is 0 Å². The molecule has 0 unspecified atom stereocenters. The van der Waals surface area contributed by atoms with Crippen molar-refractivity contribution in [1.29, 1.82) is 0 Å². The molecule has 1 rings (SSSR count). The van der Waals surface area contributed by atoms with E-state index in [0.717, 1.165) is 10.2 Å². The lowest BCUT2D eigenvalue weighted by Gasteiger charge is -2.23. The Morgan fingerprint density at radius 2 is 1.78 bits per heavy atom. The molecule has 0 aromatic carbocycles. The molecule has 0 aliphatic rings. The van der Waals surface area contributed by atoms with Gasteiger partial charge < -0.3 is 5.32 Å². The van der Waals surface area contributed by atoms with Crippen molar-refractivity contribution in [1.82, 2.24) is 4.98 Å². The van der Waals surface area contributed by atoms with Gasteiger partial charge in [-0.15, -0.1) is 0 Å². The maximum atomic E-state index is 5.90. The van der Waals surface area contributed by atoms with E-state index in [4.69, 9.17) is 11.6 Å². The molecule has 0 atom stereocenters. The van der Waals surface area contributed by atoms with Crippen LogP contribution in [0.4, 0.5) is 5.69 Å². The van der Waals surface area contributed by atoms with Crippen LogP contribution in [0.2, 0.25) is 5.15 Å². The van der Waals surface area contributed by atoms with E-state index in [2.05, 4.69) is 53.9 Å². The highest BCUT2D eigenvalue weighted by atomic mass is 79.9. The number of hydrogen-bond acceptors (Lipinski definition) is 2. The minimum Gasteiger partial charge on any atom is -0.381 e. The van der Waals surface area contributed by atoms with Gasteiger partial charge in [-0.3, -0.25) is 0 Å². The van der Waals surface area contributed by atoms with Gasteiger partial charge in [0, 0.05) is 6.04 Å². The zero-order valence-corrected chi connectivity index (χ0v) is 13.8. The van der Waals surface area contributed by atoms with Crippen molar-refractivity contribution in [2.45, 2.75) is 46.6 Å². The predicted molar refractivity (Wildman–Crippen MR) is 83.3 cm³/mol. The molecule has 0 fully saturated rings. The number of halogens is 2. The third-order valence-electron chi connectivity index (χ3n) is 2.68. The number of hydrogen-bond donors (Lipinski definition) is 1. The molecule has 0 radical (unpaired) electrons. The first kappa shape index (κ1) is 15.8. The second-order valence-electron chi connectivity index (χ2n) is 5.60. The summed E-state index contributed by atoms with van der Waals surface area (Å²) in [4.78, 5) is 4.15. The summed E-state index contributed by atoms with van der Waals surface area (Å²) in [5.41, 5.74) is 1.03. The number of aromatic nitrogens is 1. The quantitative estimate of drug-likeness (QED) is 0.708. The van der Waals surface area contributed by atoms with Crippen molar-refractivity contribution >= 4 is 33.2 Å². The first-order valence-electron chi connectivity index (χ1n) is 6.46. The van der Waals surface area contributed by atoms with E-state index in [1.54, 1.807) is 6.20 Å². The third-order valence-corrected chi connectivity index (χ3v) is 3.81. The lowest BCUT2D eigenvalue weighted by Crippen LogP contribution is -2.23. The van der Waals surface area contributed by atoms with Crippen molar-refractivity contribution < 1.29 is 0 Å². The maximum absolute atomic E-state index is 5.90. The maximum Gasteiger partial charge on any atom is 0.143 e. The van der Waals surface area contributed by atoms with Gasteiger partial charge in [-0.2, -0.15) is 0 Å². The fourth-order valence-electron chi connectivity index (χ4n) is 2.09. The van der Waals surface area contributed by atoms with Gasteiger partial charge in [-0.25, -0.2) is 4.98 Å². The normalized spacial score (nSPS) is 11.6. The van der Waals surface area contributed by atoms with E-state index in [-0.39, 0.29) is 0 Å². The summed E-state index contributed by atoms with van der Waals surface area (Å²) >= 11 is 9.30. The van der Waals surface area contributed by atoms with Crippen LogP contribution in [0.15, 0.2) is 16.7 Å². The topological polar surface area (TPSA) is 24.9 Å². The molecule has 18 heavy (non-hydrogen) atoms. The molecular formula is C14H22BrClN2. The summed E-state index contributed by atoms with van der Waals surface area (Å²) in [6, 6.07) is 2.48. The zero-order chi connectivity index (χ0) is 13.7. The van der Waals surface area contributed by atoms with Gasteiger partial charge in [0.15, 0.2) is 0 Å². The van der Waals surface area contributed by atoms with E-state index in [1.165, 1.54) is 12.8 Å². The molecule has 2 nitrogen and oxygen atoms in total. The Hall–Kier alpha value is -0.280. The van der Waals surface area contributed by atoms with Crippen LogP contribution in [0, 0.1) is 11.8 Å². The number of pyridine rings is 1. The summed E-state index contributed by atoms with van der Waals surface area (Å²) in [5, 5.41) is 4.06. The standard InChI is InChI=1S/C14H22BrClN2/c1-9(2)5-11(6-10(3)4)18-12-7-13(15)14(16)17-8-12/h7-11,18H,5-6H2,1-4H3. The van der Waals surface area contributed by atoms with Gasteiger partial charge in [-0.05, 0) is 46.7 Å². The van der Waals surface area contributed by atoms with Crippen LogP contribution >= 0.6 is 27.5 Å². The summed E-state index contributed by atoms with van der Waals surface area (Å²) in [5.74, 6) is 1.37. The zero-order valence-electron chi connectivity index (χ0n) is 11.5. The summed E-state index contributed by atoms with van der Waals surface area (Å²) < 4.78 is 0.835. The highest BCUT2D eigenvalue weighted by Gasteiger charge is 2.13. The highest BCUT2D eigenvalue weighted by molar-refractivity contribution is 9.10. The molecule has 0 spiro atoms. The lowest BCUT2D eigenvalue weighted by molar-refractivity contribution is 0.442. The Bertz CT molecular complexity index is 370. The molecule has 0 bridgehead atoms. The van der Waals surface area contributed by atoms with Gasteiger partial charge in [0.05, 0.1) is 16.4 Å². The van der Waals surface area contributed by atoms with Crippen molar-refractivity contribution in [3.63, 3.8) is 0 Å². The molecular weight excluding hydrogens is 312 g/mol. The van der Waals surface area contributed by atoms with Gasteiger partial charge in [0.25, 0.3) is 0 Å². The van der Waals surface area contributed by atoms with E-state index in [1.807, 2.05) is 6.07 Å². The van der Waals surface area contributed by atoms with Crippen LogP contribution in [0.3, 0.4) is 0 Å². The second-order valence-corrected chi connectivity index (χ2v) is 6.81. The summed E-state index contributed by atoms with van der Waals surface area (Å²) in [6.07, 6.45) is 4.12. The van der Waals surface area contributed by atoms with Gasteiger partial charge in [-0.1, -0.05) is 39.3 Å². The monoisotopic (exact) mass is 332 g/mol. The Morgan fingerprint density at radius 1 is 1.22 bits per heavy atom. The fourth-order valence-corrected chi connectivity index (χ4v) is 2.54. The minimum atomic E-state index is 0.486. The highest BCUT2D eigenvalue weighted by Crippen LogP contribution is 2.25. The van der Waals surface area contributed by atoms with Crippen LogP contribution < -0.4 is 5.32 Å². The van der Waals surface area contributed by atoms with Crippen molar-refractivity contribution in [2.75, 3.05) is 5.32 Å². The Labute approximate surface area is 124 Å². The molecule has 1 N–H and O–H groups in total. The van der Waals surface area contributed by atoms with Gasteiger partial charge in [0.1, 0.15) is 5.15 Å². The van der Waals surface area contributed by atoms with Crippen molar-refractivity contribution in [2.24, 2.45) is 11.8 Å². The predicted octanol–water partition coefficient (Wildman–Crippen LogP) is 5.37. The first-order chi connectivity index (χ1) is 8.38. The molecule has 0 aliphatic carbocycles. The first-order valence-corrected chi connectivity index (χ1v) is 7.63. The Kier molecular flexibility index (Phi) is 6.44. The van der Waals surface area contributed by atoms with Gasteiger partial charge in [0.2, 0.25) is 0 Å². The third kappa shape index (κ3) is 5.57. The average molecular weight is 334 g/mol. The number of nitrogens with one attached hydrogen (secondary N) is 1. The van der Waals surface area contributed by atoms with E-state index in [0.29, 0.717) is 23.0 Å². The SMILES string of the molecule is CC(C)CC(CC(C)C)Nc1cnc(Cl)c(Br)c1. The Morgan fingerprint density at radius 3 is 2.22 bits per heavy atom. The Balaban J connectivity index is 2.71. The van der Waals surface area contributed by atoms with E-state index in [9.17, 15) is 0 Å². The fraction of sp³-hybridized carbons (Fsp3) is 0.643. The van der Waals surface area contributed by atoms with Crippen LogP contribution in [-0.4, -0.2) is 11.0 Å². The molecule has 1 aromatic rings.